The van der Waals surface area contributed by atoms with Crippen LogP contribution in [0.15, 0.2) is 78.6 Å². The molecule has 35 heavy (non-hydrogen) atoms. The number of hydrogen-bond donors (Lipinski definition) is 1. The third kappa shape index (κ3) is 4.71. The molecule has 1 fully saturated rings. The van der Waals surface area contributed by atoms with Crippen LogP contribution in [0.5, 0.6) is 0 Å². The second-order valence-corrected chi connectivity index (χ2v) is 8.51. The summed E-state index contributed by atoms with van der Waals surface area (Å²) in [5.74, 6) is -2.42. The minimum absolute atomic E-state index is 0.0394. The molecule has 0 radical (unpaired) electrons. The largest absolute Gasteiger partial charge is 0.507 e. The first-order valence-corrected chi connectivity index (χ1v) is 11.4. The van der Waals surface area contributed by atoms with Gasteiger partial charge in [0.15, 0.2) is 0 Å². The van der Waals surface area contributed by atoms with Crippen LogP contribution in [0.1, 0.15) is 53.9 Å². The van der Waals surface area contributed by atoms with Crippen LogP contribution < -0.4 is 4.90 Å². The summed E-state index contributed by atoms with van der Waals surface area (Å²) in [7, 11) is 0. The van der Waals surface area contributed by atoms with E-state index in [1.165, 1.54) is 11.0 Å². The highest BCUT2D eigenvalue weighted by Gasteiger charge is 2.47. The first-order valence-electron chi connectivity index (χ1n) is 11.4. The number of ether oxygens (including phenoxy) is 1. The van der Waals surface area contributed by atoms with Gasteiger partial charge in [0.1, 0.15) is 5.76 Å². The zero-order chi connectivity index (χ0) is 25.1. The van der Waals surface area contributed by atoms with E-state index in [1.807, 2.05) is 19.1 Å². The molecule has 7 nitrogen and oxygen atoms in total. The molecule has 1 N–H and O–H groups in total. The van der Waals surface area contributed by atoms with Crippen molar-refractivity contribution >= 4 is 29.1 Å². The minimum Gasteiger partial charge on any atom is -0.507 e. The average molecular weight is 471 g/mol. The second-order valence-electron chi connectivity index (χ2n) is 8.51. The normalized spacial score (nSPS) is 17.1. The quantitative estimate of drug-likeness (QED) is 0.240. The molecule has 2 aromatic carbocycles. The van der Waals surface area contributed by atoms with Gasteiger partial charge in [-0.1, -0.05) is 43.3 Å². The lowest BCUT2D eigenvalue weighted by Gasteiger charge is -2.25. The number of aromatic nitrogens is 1. The van der Waals surface area contributed by atoms with E-state index in [2.05, 4.69) is 4.98 Å². The minimum atomic E-state index is -0.925. The van der Waals surface area contributed by atoms with Crippen molar-refractivity contribution in [1.82, 2.24) is 4.98 Å². The van der Waals surface area contributed by atoms with Crippen LogP contribution in [-0.4, -0.2) is 33.9 Å². The summed E-state index contributed by atoms with van der Waals surface area (Å²) < 4.78 is 5.28. The van der Waals surface area contributed by atoms with Crippen LogP contribution in [0.2, 0.25) is 0 Å². The Morgan fingerprint density at radius 2 is 1.80 bits per heavy atom. The van der Waals surface area contributed by atoms with Crippen molar-refractivity contribution in [2.75, 3.05) is 4.90 Å². The van der Waals surface area contributed by atoms with Gasteiger partial charge in [0.25, 0.3) is 11.7 Å². The lowest BCUT2D eigenvalue weighted by Crippen LogP contribution is -2.29. The van der Waals surface area contributed by atoms with Gasteiger partial charge in [-0.2, -0.15) is 0 Å². The van der Waals surface area contributed by atoms with E-state index in [0.717, 1.165) is 12.0 Å². The van der Waals surface area contributed by atoms with Crippen molar-refractivity contribution in [3.05, 3.63) is 101 Å². The second kappa shape index (κ2) is 9.93. The van der Waals surface area contributed by atoms with E-state index in [9.17, 15) is 19.5 Å². The number of benzene rings is 2. The van der Waals surface area contributed by atoms with Crippen LogP contribution in [0.3, 0.4) is 0 Å². The van der Waals surface area contributed by atoms with Gasteiger partial charge in [-0.15, -0.1) is 0 Å². The molecular weight excluding hydrogens is 444 g/mol. The number of Topliss-reactive ketones (excluding diaryl/α,β-unsaturated/α-hetero) is 1. The van der Waals surface area contributed by atoms with E-state index in [4.69, 9.17) is 4.74 Å². The van der Waals surface area contributed by atoms with Gasteiger partial charge >= 0.3 is 5.97 Å². The molecule has 2 heterocycles. The van der Waals surface area contributed by atoms with Gasteiger partial charge in [0.2, 0.25) is 0 Å². The Labute approximate surface area is 203 Å². The Balaban J connectivity index is 1.86. The van der Waals surface area contributed by atoms with Gasteiger partial charge in [-0.25, -0.2) is 4.79 Å². The first kappa shape index (κ1) is 23.9. The van der Waals surface area contributed by atoms with E-state index in [1.54, 1.807) is 68.7 Å². The van der Waals surface area contributed by atoms with Gasteiger partial charge in [0, 0.05) is 23.6 Å². The number of aryl methyl sites for hydroxylation is 1. The zero-order valence-corrected chi connectivity index (χ0v) is 19.8. The maximum atomic E-state index is 13.3. The van der Waals surface area contributed by atoms with E-state index in [-0.39, 0.29) is 23.0 Å². The lowest BCUT2D eigenvalue weighted by molar-refractivity contribution is -0.132. The van der Waals surface area contributed by atoms with Crippen molar-refractivity contribution in [2.24, 2.45) is 0 Å². The number of amides is 1. The Morgan fingerprint density at radius 3 is 2.43 bits per heavy atom. The van der Waals surface area contributed by atoms with Gasteiger partial charge in [0.05, 0.1) is 23.3 Å². The van der Waals surface area contributed by atoms with Crippen LogP contribution >= 0.6 is 0 Å². The SMILES string of the molecule is CCc1ccc(/C(O)=C2\C(=O)C(=O)N(c3cccc(C(=O)OC(C)C)c3)C2c2cccnc2)cc1. The summed E-state index contributed by atoms with van der Waals surface area (Å²) in [5, 5.41) is 11.2. The number of esters is 1. The van der Waals surface area contributed by atoms with Crippen molar-refractivity contribution in [1.29, 1.82) is 0 Å². The fourth-order valence-corrected chi connectivity index (χ4v) is 4.07. The molecule has 178 valence electrons. The van der Waals surface area contributed by atoms with Gasteiger partial charge in [-0.05, 0) is 55.7 Å². The number of aliphatic hydroxyl groups is 1. The van der Waals surface area contributed by atoms with Gasteiger partial charge < -0.3 is 9.84 Å². The summed E-state index contributed by atoms with van der Waals surface area (Å²) in [4.78, 5) is 44.5. The summed E-state index contributed by atoms with van der Waals surface area (Å²) in [6.45, 7) is 5.51. The molecule has 1 saturated heterocycles. The molecule has 3 aromatic rings. The third-order valence-corrected chi connectivity index (χ3v) is 5.78. The predicted octanol–water partition coefficient (Wildman–Crippen LogP) is 4.84. The van der Waals surface area contributed by atoms with Crippen molar-refractivity contribution in [3.8, 4) is 0 Å². The highest BCUT2D eigenvalue weighted by atomic mass is 16.5. The monoisotopic (exact) mass is 470 g/mol. The molecule has 4 rings (SSSR count). The van der Waals surface area contributed by atoms with E-state index < -0.39 is 23.7 Å². The van der Waals surface area contributed by atoms with E-state index in [0.29, 0.717) is 16.8 Å². The molecule has 1 unspecified atom stereocenters. The Hall–Kier alpha value is -4.26. The zero-order valence-electron chi connectivity index (χ0n) is 19.8. The smallest absolute Gasteiger partial charge is 0.338 e. The van der Waals surface area contributed by atoms with Crippen molar-refractivity contribution in [3.63, 3.8) is 0 Å². The molecule has 0 spiro atoms. The number of carbonyl (C=O) groups is 3. The molecule has 1 aliphatic heterocycles. The molecule has 1 atom stereocenters. The summed E-state index contributed by atoms with van der Waals surface area (Å²) in [6.07, 6.45) is 3.65. The summed E-state index contributed by atoms with van der Waals surface area (Å²) in [5.41, 5.74) is 2.60. The molecule has 1 aliphatic rings. The molecule has 1 aromatic heterocycles. The van der Waals surface area contributed by atoms with Crippen LogP contribution in [-0.2, 0) is 20.7 Å². The molecule has 0 bridgehead atoms. The van der Waals surface area contributed by atoms with Crippen LogP contribution in [0.25, 0.3) is 5.76 Å². The Morgan fingerprint density at radius 1 is 1.06 bits per heavy atom. The average Bonchev–Trinajstić information content (AvgIpc) is 3.14. The van der Waals surface area contributed by atoms with E-state index >= 15 is 0 Å². The lowest BCUT2D eigenvalue weighted by atomic mass is 9.95. The Bertz CT molecular complexity index is 1300. The predicted molar refractivity (Wildman–Crippen MR) is 132 cm³/mol. The maximum Gasteiger partial charge on any atom is 0.338 e. The molecule has 0 saturated carbocycles. The number of carbonyl (C=O) groups excluding carboxylic acids is 3. The summed E-state index contributed by atoms with van der Waals surface area (Å²) >= 11 is 0. The van der Waals surface area contributed by atoms with Crippen molar-refractivity contribution < 1.29 is 24.2 Å². The number of aliphatic hydroxyl groups excluding tert-OH is 1. The van der Waals surface area contributed by atoms with Crippen molar-refractivity contribution in [2.45, 2.75) is 39.3 Å². The van der Waals surface area contributed by atoms with Gasteiger partial charge in [-0.3, -0.25) is 19.5 Å². The number of ketones is 1. The fraction of sp³-hybridized carbons (Fsp3) is 0.214. The molecule has 0 aliphatic carbocycles. The first-order chi connectivity index (χ1) is 16.8. The van der Waals surface area contributed by atoms with Crippen LogP contribution in [0.4, 0.5) is 5.69 Å². The fourth-order valence-electron chi connectivity index (χ4n) is 4.07. The third-order valence-electron chi connectivity index (χ3n) is 5.78. The highest BCUT2D eigenvalue weighted by molar-refractivity contribution is 6.51. The number of pyridine rings is 1. The topological polar surface area (TPSA) is 96.8 Å². The number of hydrogen-bond acceptors (Lipinski definition) is 6. The number of rotatable bonds is 6. The molecule has 1 amide bonds. The molecule has 7 heteroatoms. The summed E-state index contributed by atoms with van der Waals surface area (Å²) in [6, 6.07) is 16.0. The maximum absolute atomic E-state index is 13.3. The highest BCUT2D eigenvalue weighted by Crippen LogP contribution is 2.42. The Kier molecular flexibility index (Phi) is 6.78. The molecular formula is C28H26N2O5. The number of nitrogens with zero attached hydrogens (tertiary/aromatic N) is 2. The van der Waals surface area contributed by atoms with Crippen LogP contribution in [0, 0.1) is 0 Å². The number of anilines is 1. The standard InChI is InChI=1S/C28H26N2O5/c1-4-18-10-12-19(13-11-18)25(31)23-24(21-8-6-14-29-16-21)30(27(33)26(23)32)22-9-5-7-20(15-22)28(34)35-17(2)3/h5-17,24,31H,4H2,1-3H3/b25-23+.